The molecule has 0 aromatic carbocycles. The third-order valence-corrected chi connectivity index (χ3v) is 3.69. The molecule has 14 heteroatoms. The molecule has 0 bridgehead atoms. The minimum Gasteiger partial charge on any atom is -0.394 e. The highest BCUT2D eigenvalue weighted by Gasteiger charge is 2.36. The van der Waals surface area contributed by atoms with Gasteiger partial charge in [-0.2, -0.15) is 0 Å². The molecule has 0 unspecified atom stereocenters. The van der Waals surface area contributed by atoms with E-state index in [-0.39, 0.29) is 12.4 Å². The molecule has 0 radical (unpaired) electrons. The fraction of sp³-hybridized carbons (Fsp3) is 0.500. The van der Waals surface area contributed by atoms with Gasteiger partial charge in [0.2, 0.25) is 0 Å². The number of nitrogen functional groups attached to an aromatic ring is 1. The lowest BCUT2D eigenvalue weighted by Gasteiger charge is -2.14. The van der Waals surface area contributed by atoms with Crippen LogP contribution in [-0.4, -0.2) is 63.2 Å². The lowest BCUT2D eigenvalue weighted by atomic mass is 10.2. The summed E-state index contributed by atoms with van der Waals surface area (Å²) in [5, 5.41) is 18.9. The van der Waals surface area contributed by atoms with Crippen LogP contribution in [-0.2, 0) is 9.30 Å². The highest BCUT2D eigenvalue weighted by Crippen LogP contribution is 2.34. The van der Waals surface area contributed by atoms with Gasteiger partial charge in [0.1, 0.15) is 18.7 Å². The van der Waals surface area contributed by atoms with Crippen molar-refractivity contribution in [3.63, 3.8) is 0 Å². The second-order valence-corrected chi connectivity index (χ2v) is 6.55. The van der Waals surface area contributed by atoms with Crippen LogP contribution in [0.15, 0.2) is 11.1 Å². The van der Waals surface area contributed by atoms with E-state index in [1.165, 1.54) is 6.33 Å². The molecule has 0 saturated carbocycles. The molecule has 1 fully saturated rings. The molecule has 1 aliphatic rings. The summed E-state index contributed by atoms with van der Waals surface area (Å²) in [6, 6.07) is 0. The third-order valence-electron chi connectivity index (χ3n) is 3.13. The van der Waals surface area contributed by atoms with Gasteiger partial charge < -0.3 is 35.4 Å². The monoisotopic (exact) mass is 427 g/mol. The van der Waals surface area contributed by atoms with Gasteiger partial charge in [-0.15, -0.1) is 0 Å². The maximum atomic E-state index is 9.78. The van der Waals surface area contributed by atoms with Crippen LogP contribution in [0.25, 0.3) is 11.2 Å². The Labute approximate surface area is 143 Å². The number of nitrogens with zero attached hydrogens (tertiary/aromatic N) is 4. The molecule has 0 aliphatic carbocycles. The van der Waals surface area contributed by atoms with Crippen molar-refractivity contribution in [2.45, 2.75) is 24.9 Å². The first-order valence-corrected chi connectivity index (χ1v) is 8.84. The van der Waals surface area contributed by atoms with E-state index in [0.29, 0.717) is 22.3 Å². The number of ether oxygens (including phenoxy) is 1. The Balaban J connectivity index is 0.000000368. The molecular formula is C10H15BrN5O7P. The Morgan fingerprint density at radius 3 is 2.58 bits per heavy atom. The Morgan fingerprint density at radius 2 is 2.04 bits per heavy atom. The van der Waals surface area contributed by atoms with Crippen molar-refractivity contribution in [2.24, 2.45) is 0 Å². The van der Waals surface area contributed by atoms with Crippen LogP contribution in [0, 0.1) is 0 Å². The number of aliphatic hydroxyl groups is 2. The van der Waals surface area contributed by atoms with Crippen molar-refractivity contribution < 1.29 is 34.2 Å². The molecule has 0 amide bonds. The smallest absolute Gasteiger partial charge is 0.394 e. The van der Waals surface area contributed by atoms with E-state index in [1.54, 1.807) is 4.57 Å². The third kappa shape index (κ3) is 4.46. The molecular weight excluding hydrogens is 413 g/mol. The van der Waals surface area contributed by atoms with Crippen molar-refractivity contribution >= 4 is 40.7 Å². The number of imidazole rings is 1. The zero-order chi connectivity index (χ0) is 18.1. The maximum Gasteiger partial charge on any atom is 0.466 e. The second-order valence-electron chi connectivity index (χ2n) is 4.81. The highest BCUT2D eigenvalue weighted by molar-refractivity contribution is 9.10. The van der Waals surface area contributed by atoms with Gasteiger partial charge in [0.25, 0.3) is 0 Å². The van der Waals surface area contributed by atoms with E-state index in [9.17, 15) is 5.11 Å². The van der Waals surface area contributed by atoms with Crippen LogP contribution in [0.1, 0.15) is 12.6 Å². The van der Waals surface area contributed by atoms with E-state index in [4.69, 9.17) is 34.8 Å². The molecule has 3 rings (SSSR count). The summed E-state index contributed by atoms with van der Waals surface area (Å²) < 4.78 is 16.6. The normalized spacial score (nSPS) is 24.0. The minimum absolute atomic E-state index is 0.237. The number of rotatable bonds is 2. The number of fused-ring (bicyclic) bond motifs is 1. The summed E-state index contributed by atoms with van der Waals surface area (Å²) in [6.45, 7) is -0.237. The average Bonchev–Trinajstić information content (AvgIpc) is 2.97. The maximum absolute atomic E-state index is 9.78. The van der Waals surface area contributed by atoms with Crippen molar-refractivity contribution in [2.75, 3.05) is 12.3 Å². The summed E-state index contributed by atoms with van der Waals surface area (Å²) in [7, 11) is -4.64. The molecule has 3 atom stereocenters. The number of halogens is 1. The van der Waals surface area contributed by atoms with Crippen molar-refractivity contribution in [3.05, 3.63) is 11.1 Å². The number of hydrogen-bond donors (Lipinski definition) is 6. The predicted molar refractivity (Wildman–Crippen MR) is 83.3 cm³/mol. The van der Waals surface area contributed by atoms with Gasteiger partial charge in [-0.25, -0.2) is 19.5 Å². The highest BCUT2D eigenvalue weighted by atomic mass is 79.9. The number of aliphatic hydroxyl groups excluding tert-OH is 2. The number of aromatic nitrogens is 4. The van der Waals surface area contributed by atoms with Gasteiger partial charge in [0.05, 0.1) is 12.7 Å². The van der Waals surface area contributed by atoms with E-state index < -0.39 is 26.3 Å². The Morgan fingerprint density at radius 1 is 1.42 bits per heavy atom. The zero-order valence-corrected chi connectivity index (χ0v) is 14.4. The SMILES string of the molecule is Nc1ncnc2c1nc(Br)n2[C@H]1C[C@H](O)[C@@H](CO)O1.O=P(O)(O)O. The quantitative estimate of drug-likeness (QED) is 0.250. The molecule has 0 spiro atoms. The number of hydrogen-bond acceptors (Lipinski definition) is 8. The first-order chi connectivity index (χ1) is 11.1. The molecule has 1 aliphatic heterocycles. The van der Waals surface area contributed by atoms with Crippen LogP contribution in [0.3, 0.4) is 0 Å². The summed E-state index contributed by atoms with van der Waals surface area (Å²) >= 11 is 3.32. The summed E-state index contributed by atoms with van der Waals surface area (Å²) in [5.74, 6) is 0.279. The lowest BCUT2D eigenvalue weighted by Crippen LogP contribution is -2.24. The molecule has 2 aromatic heterocycles. The van der Waals surface area contributed by atoms with Gasteiger partial charge >= 0.3 is 7.82 Å². The van der Waals surface area contributed by atoms with Gasteiger partial charge in [0.15, 0.2) is 21.7 Å². The van der Waals surface area contributed by atoms with E-state index >= 15 is 0 Å². The van der Waals surface area contributed by atoms with E-state index in [0.717, 1.165) is 0 Å². The fourth-order valence-corrected chi connectivity index (χ4v) is 2.77. The summed E-state index contributed by atoms with van der Waals surface area (Å²) in [5.41, 5.74) is 6.74. The molecule has 134 valence electrons. The molecule has 2 aromatic rings. The standard InChI is InChI=1S/C10H12BrN5O3.H3O4P/c11-10-15-7-8(12)13-3-14-9(7)16(10)6-1-4(18)5(2-17)19-6;1-5(2,3)4/h3-6,17-18H,1-2H2,(H2,12,13,14);(H3,1,2,3,4)/t4-,5+,6+;/m0./s1. The molecule has 1 saturated heterocycles. The van der Waals surface area contributed by atoms with Crippen LogP contribution in [0.4, 0.5) is 5.82 Å². The first kappa shape index (κ1) is 19.1. The molecule has 12 nitrogen and oxygen atoms in total. The van der Waals surface area contributed by atoms with Gasteiger partial charge in [-0.05, 0) is 15.9 Å². The van der Waals surface area contributed by atoms with Crippen molar-refractivity contribution in [3.8, 4) is 0 Å². The first-order valence-electron chi connectivity index (χ1n) is 6.48. The fourth-order valence-electron chi connectivity index (χ4n) is 2.19. The molecule has 24 heavy (non-hydrogen) atoms. The van der Waals surface area contributed by atoms with E-state index in [1.807, 2.05) is 0 Å². The Kier molecular flexibility index (Phi) is 5.88. The Hall–Kier alpha value is -1.18. The topological polar surface area (TPSA) is 197 Å². The zero-order valence-electron chi connectivity index (χ0n) is 12.0. The van der Waals surface area contributed by atoms with Crippen LogP contribution >= 0.6 is 23.8 Å². The van der Waals surface area contributed by atoms with Gasteiger partial charge in [0, 0.05) is 6.42 Å². The Bertz CT molecular complexity index is 759. The van der Waals surface area contributed by atoms with Crippen LogP contribution in [0.5, 0.6) is 0 Å². The average molecular weight is 428 g/mol. The van der Waals surface area contributed by atoms with Crippen molar-refractivity contribution in [1.82, 2.24) is 19.5 Å². The lowest BCUT2D eigenvalue weighted by molar-refractivity contribution is -0.0439. The summed E-state index contributed by atoms with van der Waals surface area (Å²) in [4.78, 5) is 33.8. The minimum atomic E-state index is -4.64. The predicted octanol–water partition coefficient (Wildman–Crippen LogP) is -1.12. The number of nitrogens with two attached hydrogens (primary N) is 1. The number of anilines is 1. The van der Waals surface area contributed by atoms with Crippen LogP contribution < -0.4 is 5.73 Å². The number of phosphoric acid groups is 1. The van der Waals surface area contributed by atoms with Crippen LogP contribution in [0.2, 0.25) is 0 Å². The van der Waals surface area contributed by atoms with Crippen molar-refractivity contribution in [1.29, 1.82) is 0 Å². The molecule has 7 N–H and O–H groups in total. The van der Waals surface area contributed by atoms with E-state index in [2.05, 4.69) is 30.9 Å². The second kappa shape index (κ2) is 7.37. The largest absolute Gasteiger partial charge is 0.466 e. The van der Waals surface area contributed by atoms with Gasteiger partial charge in [-0.1, -0.05) is 0 Å². The molecule has 3 heterocycles. The summed E-state index contributed by atoms with van der Waals surface area (Å²) in [6.07, 6.45) is -0.0935. The van der Waals surface area contributed by atoms with Gasteiger partial charge in [-0.3, -0.25) is 4.57 Å².